The maximum absolute atomic E-state index is 13.6. The molecule has 1 aliphatic rings. The highest BCUT2D eigenvalue weighted by molar-refractivity contribution is 5.68. The summed E-state index contributed by atoms with van der Waals surface area (Å²) >= 11 is 0. The number of nitrogens with zero attached hydrogens (tertiary/aromatic N) is 1. The molecule has 0 aliphatic carbocycles. The van der Waals surface area contributed by atoms with Gasteiger partial charge in [0.15, 0.2) is 0 Å². The van der Waals surface area contributed by atoms with Crippen molar-refractivity contribution in [3.63, 3.8) is 0 Å². The predicted octanol–water partition coefficient (Wildman–Crippen LogP) is 1.96. The number of aliphatic hydroxyl groups is 1. The molecule has 0 aromatic rings. The molecule has 0 aromatic carbocycles. The van der Waals surface area contributed by atoms with Crippen LogP contribution in [0, 0.1) is 5.41 Å². The van der Waals surface area contributed by atoms with Gasteiger partial charge in [-0.05, 0) is 20.8 Å². The Balaban J connectivity index is 2.71. The van der Waals surface area contributed by atoms with Crippen molar-refractivity contribution < 1.29 is 19.0 Å². The first-order valence-electron chi connectivity index (χ1n) is 5.83. The third-order valence-corrected chi connectivity index (χ3v) is 2.79. The quantitative estimate of drug-likeness (QED) is 0.712. The summed E-state index contributed by atoms with van der Waals surface area (Å²) < 4.78 is 18.8. The monoisotopic (exact) mass is 247 g/mol. The summed E-state index contributed by atoms with van der Waals surface area (Å²) in [6.45, 7) is 8.95. The van der Waals surface area contributed by atoms with Crippen LogP contribution in [0.15, 0.2) is 0 Å². The molecule has 1 aliphatic heterocycles. The molecule has 1 N–H and O–H groups in total. The molecule has 1 saturated heterocycles. The molecule has 0 unspecified atom stereocenters. The van der Waals surface area contributed by atoms with Crippen LogP contribution in [0.3, 0.4) is 0 Å². The maximum Gasteiger partial charge on any atom is 0.410 e. The second-order valence-corrected chi connectivity index (χ2v) is 6.31. The van der Waals surface area contributed by atoms with Crippen LogP contribution >= 0.6 is 0 Å². The molecule has 0 radical (unpaired) electrons. The summed E-state index contributed by atoms with van der Waals surface area (Å²) in [5.41, 5.74) is -1.25. The number of hydrogen-bond acceptors (Lipinski definition) is 3. The summed E-state index contributed by atoms with van der Waals surface area (Å²) in [6.07, 6.45) is -2.99. The van der Waals surface area contributed by atoms with Gasteiger partial charge in [0.25, 0.3) is 0 Å². The van der Waals surface area contributed by atoms with Crippen molar-refractivity contribution >= 4 is 6.09 Å². The van der Waals surface area contributed by atoms with E-state index in [1.54, 1.807) is 34.6 Å². The number of ether oxygens (including phenoxy) is 1. The fourth-order valence-corrected chi connectivity index (χ4v) is 1.92. The number of piperidine rings is 1. The smallest absolute Gasteiger partial charge is 0.410 e. The van der Waals surface area contributed by atoms with Gasteiger partial charge in [0.2, 0.25) is 0 Å². The summed E-state index contributed by atoms with van der Waals surface area (Å²) in [7, 11) is 0. The lowest BCUT2D eigenvalue weighted by atomic mass is 9.80. The molecule has 0 bridgehead atoms. The van der Waals surface area contributed by atoms with Crippen molar-refractivity contribution in [3.8, 4) is 0 Å². The average molecular weight is 247 g/mol. The van der Waals surface area contributed by atoms with Gasteiger partial charge in [-0.15, -0.1) is 0 Å². The standard InChI is InChI=1S/C12H22FNO3/c1-11(2,3)17-10(16)14-6-8(13)9(15)12(4,5)7-14/h8-9,15H,6-7H2,1-5H3/t8-,9+/m0/s1. The second-order valence-electron chi connectivity index (χ2n) is 6.31. The van der Waals surface area contributed by atoms with Gasteiger partial charge in [-0.3, -0.25) is 0 Å². The lowest BCUT2D eigenvalue weighted by Crippen LogP contribution is -2.57. The molecular formula is C12H22FNO3. The van der Waals surface area contributed by atoms with E-state index in [9.17, 15) is 14.3 Å². The van der Waals surface area contributed by atoms with E-state index in [0.717, 1.165) is 0 Å². The van der Waals surface area contributed by atoms with Gasteiger partial charge in [-0.2, -0.15) is 0 Å². The largest absolute Gasteiger partial charge is 0.444 e. The van der Waals surface area contributed by atoms with Crippen LogP contribution in [0.4, 0.5) is 9.18 Å². The second kappa shape index (κ2) is 4.44. The van der Waals surface area contributed by atoms with Crippen LogP contribution in [0.5, 0.6) is 0 Å². The molecule has 5 heteroatoms. The van der Waals surface area contributed by atoms with Crippen molar-refractivity contribution in [2.45, 2.75) is 52.5 Å². The first-order valence-corrected chi connectivity index (χ1v) is 5.83. The molecule has 0 spiro atoms. The van der Waals surface area contributed by atoms with E-state index in [1.165, 1.54) is 4.90 Å². The Morgan fingerprint density at radius 3 is 2.41 bits per heavy atom. The zero-order chi connectivity index (χ0) is 13.4. The molecule has 100 valence electrons. The molecule has 0 saturated carbocycles. The topological polar surface area (TPSA) is 49.8 Å². The van der Waals surface area contributed by atoms with Gasteiger partial charge in [0.05, 0.1) is 12.6 Å². The molecule has 4 nitrogen and oxygen atoms in total. The first-order chi connectivity index (χ1) is 7.53. The van der Waals surface area contributed by atoms with Crippen LogP contribution in [-0.2, 0) is 4.74 Å². The van der Waals surface area contributed by atoms with E-state index in [4.69, 9.17) is 4.74 Å². The first kappa shape index (κ1) is 14.2. The van der Waals surface area contributed by atoms with Gasteiger partial charge in [0, 0.05) is 12.0 Å². The molecule has 0 aromatic heterocycles. The van der Waals surface area contributed by atoms with Gasteiger partial charge in [-0.25, -0.2) is 9.18 Å². The zero-order valence-electron chi connectivity index (χ0n) is 11.2. The summed E-state index contributed by atoms with van der Waals surface area (Å²) in [4.78, 5) is 13.1. The summed E-state index contributed by atoms with van der Waals surface area (Å²) in [5.74, 6) is 0. The summed E-state index contributed by atoms with van der Waals surface area (Å²) in [5, 5.41) is 9.68. The molecule has 1 heterocycles. The lowest BCUT2D eigenvalue weighted by molar-refractivity contribution is -0.0803. The molecule has 1 rings (SSSR count). The molecule has 1 fully saturated rings. The highest BCUT2D eigenvalue weighted by Gasteiger charge is 2.44. The minimum absolute atomic E-state index is 0.112. The third kappa shape index (κ3) is 3.56. The number of amides is 1. The lowest BCUT2D eigenvalue weighted by Gasteiger charge is -2.43. The average Bonchev–Trinajstić information content (AvgIpc) is 2.10. The Labute approximate surface area is 102 Å². The molecular weight excluding hydrogens is 225 g/mol. The van der Waals surface area contributed by atoms with Crippen LogP contribution in [0.2, 0.25) is 0 Å². The predicted molar refractivity (Wildman–Crippen MR) is 62.5 cm³/mol. The normalized spacial score (nSPS) is 29.0. The van der Waals surface area contributed by atoms with Gasteiger partial charge >= 0.3 is 6.09 Å². The van der Waals surface area contributed by atoms with Crippen molar-refractivity contribution in [2.75, 3.05) is 13.1 Å². The van der Waals surface area contributed by atoms with Crippen LogP contribution < -0.4 is 0 Å². The fraction of sp³-hybridized carbons (Fsp3) is 0.917. The third-order valence-electron chi connectivity index (χ3n) is 2.79. The number of carbonyl (C=O) groups excluding carboxylic acids is 1. The number of rotatable bonds is 0. The zero-order valence-corrected chi connectivity index (χ0v) is 11.2. The van der Waals surface area contributed by atoms with E-state index in [1.807, 2.05) is 0 Å². The van der Waals surface area contributed by atoms with Crippen LogP contribution in [0.25, 0.3) is 0 Å². The maximum atomic E-state index is 13.6. The number of aliphatic hydroxyl groups excluding tert-OH is 1. The van der Waals surface area contributed by atoms with E-state index < -0.39 is 29.4 Å². The summed E-state index contributed by atoms with van der Waals surface area (Å²) in [6, 6.07) is 0. The Hall–Kier alpha value is -0.840. The van der Waals surface area contributed by atoms with E-state index in [-0.39, 0.29) is 6.54 Å². The molecule has 1 amide bonds. The van der Waals surface area contributed by atoms with Crippen molar-refractivity contribution in [3.05, 3.63) is 0 Å². The van der Waals surface area contributed by atoms with Crippen molar-refractivity contribution in [1.29, 1.82) is 0 Å². The van der Waals surface area contributed by atoms with Crippen molar-refractivity contribution in [2.24, 2.45) is 5.41 Å². The number of alkyl halides is 1. The van der Waals surface area contributed by atoms with E-state index >= 15 is 0 Å². The number of likely N-dealkylation sites (tertiary alicyclic amines) is 1. The Morgan fingerprint density at radius 2 is 2.00 bits per heavy atom. The number of hydrogen-bond donors (Lipinski definition) is 1. The minimum Gasteiger partial charge on any atom is -0.444 e. The Kier molecular flexibility index (Phi) is 3.72. The van der Waals surface area contributed by atoms with Gasteiger partial charge in [-0.1, -0.05) is 13.8 Å². The Morgan fingerprint density at radius 1 is 1.47 bits per heavy atom. The highest BCUT2D eigenvalue weighted by atomic mass is 19.1. The highest BCUT2D eigenvalue weighted by Crippen LogP contribution is 2.31. The molecule has 17 heavy (non-hydrogen) atoms. The van der Waals surface area contributed by atoms with Crippen molar-refractivity contribution in [1.82, 2.24) is 4.90 Å². The number of carbonyl (C=O) groups is 1. The van der Waals surface area contributed by atoms with Gasteiger partial charge in [0.1, 0.15) is 11.8 Å². The minimum atomic E-state index is -1.42. The number of halogens is 1. The Bertz CT molecular complexity index is 299. The molecule has 2 atom stereocenters. The van der Waals surface area contributed by atoms with E-state index in [2.05, 4.69) is 0 Å². The SMILES string of the molecule is CC(C)(C)OC(=O)N1C[C@H](F)[C@@H](O)C(C)(C)C1. The van der Waals surface area contributed by atoms with Crippen LogP contribution in [0.1, 0.15) is 34.6 Å². The van der Waals surface area contributed by atoms with E-state index in [0.29, 0.717) is 6.54 Å². The van der Waals surface area contributed by atoms with Crippen LogP contribution in [-0.4, -0.2) is 47.1 Å². The van der Waals surface area contributed by atoms with Gasteiger partial charge < -0.3 is 14.7 Å². The fourth-order valence-electron chi connectivity index (χ4n) is 1.92.